The molecule has 2 N–H and O–H groups in total. The molecule has 8 nitrogen and oxygen atoms in total. The van der Waals surface area contributed by atoms with Crippen LogP contribution >= 0.6 is 11.6 Å². The standard InChI is InChI=1S/C32H28ClF3N4O4/c1-18(37-2)29(41)38-25-17-40(30(42)20-7-11-22(34)12-8-20)27-15-21(33)10-13-26(27)39(31(25)43)16-24-23-6-4-3-5-19(23)9-14-28(24)44-32(35)36/h3-15,18,25,32,37H,16-17H2,1-2H3,(H,38,41). The number of halogens is 4. The average molecular weight is 625 g/mol. The van der Waals surface area contributed by atoms with Crippen molar-refractivity contribution in [1.82, 2.24) is 10.6 Å². The van der Waals surface area contributed by atoms with E-state index in [2.05, 4.69) is 10.6 Å². The molecule has 4 aromatic carbocycles. The van der Waals surface area contributed by atoms with Crippen LogP contribution in [0.4, 0.5) is 24.5 Å². The van der Waals surface area contributed by atoms with Gasteiger partial charge >= 0.3 is 6.61 Å². The molecule has 1 aliphatic heterocycles. The Kier molecular flexibility index (Phi) is 9.07. The number of anilines is 2. The topological polar surface area (TPSA) is 91.0 Å². The Balaban J connectivity index is 1.68. The third-order valence-electron chi connectivity index (χ3n) is 7.46. The third kappa shape index (κ3) is 6.34. The predicted molar refractivity (Wildman–Crippen MR) is 162 cm³/mol. The molecule has 12 heteroatoms. The van der Waals surface area contributed by atoms with Crippen LogP contribution in [0.2, 0.25) is 5.02 Å². The van der Waals surface area contributed by atoms with Crippen LogP contribution in [-0.2, 0) is 16.1 Å². The van der Waals surface area contributed by atoms with Gasteiger partial charge in [-0.25, -0.2) is 4.39 Å². The van der Waals surface area contributed by atoms with Gasteiger partial charge < -0.3 is 25.2 Å². The SMILES string of the molecule is CNC(C)C(=O)NC1CN(C(=O)c2ccc(F)cc2)c2cc(Cl)ccc2N(Cc2c(OC(F)F)ccc3ccccc23)C1=O. The van der Waals surface area contributed by atoms with Gasteiger partial charge in [-0.05, 0) is 73.3 Å². The minimum atomic E-state index is -3.13. The molecule has 0 bridgehead atoms. The number of likely N-dealkylation sites (N-methyl/N-ethyl adjacent to an activating group) is 1. The summed E-state index contributed by atoms with van der Waals surface area (Å²) < 4.78 is 45.6. The van der Waals surface area contributed by atoms with Crippen molar-refractivity contribution < 1.29 is 32.3 Å². The predicted octanol–water partition coefficient (Wildman–Crippen LogP) is 5.52. The first-order chi connectivity index (χ1) is 21.1. The van der Waals surface area contributed by atoms with Gasteiger partial charge in [0, 0.05) is 16.1 Å². The van der Waals surface area contributed by atoms with Gasteiger partial charge in [0.2, 0.25) is 5.91 Å². The van der Waals surface area contributed by atoms with Crippen LogP contribution < -0.4 is 25.2 Å². The van der Waals surface area contributed by atoms with Gasteiger partial charge in [-0.3, -0.25) is 14.4 Å². The van der Waals surface area contributed by atoms with Crippen LogP contribution in [0, 0.1) is 5.82 Å². The van der Waals surface area contributed by atoms with Crippen LogP contribution in [0.3, 0.4) is 0 Å². The van der Waals surface area contributed by atoms with Crippen LogP contribution in [0.1, 0.15) is 22.8 Å². The van der Waals surface area contributed by atoms with Crippen molar-refractivity contribution in [2.75, 3.05) is 23.4 Å². The van der Waals surface area contributed by atoms with Crippen LogP contribution in [0.15, 0.2) is 78.9 Å². The van der Waals surface area contributed by atoms with Crippen molar-refractivity contribution in [2.45, 2.75) is 32.2 Å². The van der Waals surface area contributed by atoms with Crippen molar-refractivity contribution in [3.05, 3.63) is 101 Å². The molecular weight excluding hydrogens is 597 g/mol. The lowest BCUT2D eigenvalue weighted by molar-refractivity contribution is -0.128. The molecule has 0 saturated heterocycles. The fourth-order valence-corrected chi connectivity index (χ4v) is 5.26. The highest BCUT2D eigenvalue weighted by Gasteiger charge is 2.38. The fourth-order valence-electron chi connectivity index (χ4n) is 5.09. The Bertz CT molecular complexity index is 1720. The van der Waals surface area contributed by atoms with Gasteiger partial charge in [0.05, 0.1) is 30.5 Å². The maximum atomic E-state index is 14.3. The van der Waals surface area contributed by atoms with Gasteiger partial charge in [-0.2, -0.15) is 8.78 Å². The number of hydrogen-bond acceptors (Lipinski definition) is 5. The lowest BCUT2D eigenvalue weighted by atomic mass is 10.0. The Morgan fingerprint density at radius 2 is 1.75 bits per heavy atom. The Labute approximate surface area is 256 Å². The molecule has 44 heavy (non-hydrogen) atoms. The summed E-state index contributed by atoms with van der Waals surface area (Å²) in [6.07, 6.45) is 0. The van der Waals surface area contributed by atoms with Crippen LogP contribution in [-0.4, -0.2) is 50.0 Å². The van der Waals surface area contributed by atoms with E-state index >= 15 is 0 Å². The first-order valence-electron chi connectivity index (χ1n) is 13.7. The number of carbonyl (C=O) groups is 3. The molecule has 0 radical (unpaired) electrons. The van der Waals surface area contributed by atoms with Crippen molar-refractivity contribution in [3.63, 3.8) is 0 Å². The molecule has 3 amide bonds. The smallest absolute Gasteiger partial charge is 0.387 e. The zero-order chi connectivity index (χ0) is 31.5. The molecular formula is C32H28ClF3N4O4. The Morgan fingerprint density at radius 3 is 2.45 bits per heavy atom. The number of hydrogen-bond donors (Lipinski definition) is 2. The Hall–Kier alpha value is -4.61. The molecule has 0 aliphatic carbocycles. The molecule has 0 aromatic heterocycles. The highest BCUT2D eigenvalue weighted by Crippen LogP contribution is 2.39. The lowest BCUT2D eigenvalue weighted by Gasteiger charge is -2.27. The van der Waals surface area contributed by atoms with Gasteiger partial charge in [0.25, 0.3) is 11.8 Å². The summed E-state index contributed by atoms with van der Waals surface area (Å²) in [6, 6.07) is 17.6. The van der Waals surface area contributed by atoms with Crippen molar-refractivity contribution in [3.8, 4) is 5.75 Å². The van der Waals surface area contributed by atoms with E-state index < -0.39 is 42.2 Å². The second kappa shape index (κ2) is 12.9. The molecule has 0 fully saturated rings. The maximum absolute atomic E-state index is 14.3. The monoisotopic (exact) mass is 624 g/mol. The van der Waals surface area contributed by atoms with E-state index in [0.29, 0.717) is 10.9 Å². The zero-order valence-corrected chi connectivity index (χ0v) is 24.4. The number of alkyl halides is 2. The van der Waals surface area contributed by atoms with Crippen LogP contribution in [0.25, 0.3) is 10.8 Å². The fraction of sp³-hybridized carbons (Fsp3) is 0.219. The summed E-state index contributed by atoms with van der Waals surface area (Å²) >= 11 is 6.38. The quantitative estimate of drug-likeness (QED) is 0.270. The maximum Gasteiger partial charge on any atom is 0.387 e. The average Bonchev–Trinajstić information content (AvgIpc) is 3.11. The summed E-state index contributed by atoms with van der Waals surface area (Å²) in [4.78, 5) is 43.9. The molecule has 2 unspecified atom stereocenters. The summed E-state index contributed by atoms with van der Waals surface area (Å²) in [6.45, 7) is -2.06. The number of fused-ring (bicyclic) bond motifs is 2. The molecule has 1 aliphatic rings. The van der Waals surface area contributed by atoms with Gasteiger partial charge in [-0.1, -0.05) is 41.9 Å². The number of ether oxygens (including phenoxy) is 1. The van der Waals surface area contributed by atoms with E-state index in [1.165, 1.54) is 40.1 Å². The molecule has 2 atom stereocenters. The van der Waals surface area contributed by atoms with E-state index in [0.717, 1.165) is 17.5 Å². The van der Waals surface area contributed by atoms with Gasteiger partial charge in [0.15, 0.2) is 0 Å². The second-order valence-electron chi connectivity index (χ2n) is 10.2. The first-order valence-corrected chi connectivity index (χ1v) is 14.1. The van der Waals surface area contributed by atoms with E-state index in [9.17, 15) is 27.6 Å². The molecule has 5 rings (SSSR count). The van der Waals surface area contributed by atoms with Crippen molar-refractivity contribution in [1.29, 1.82) is 0 Å². The van der Waals surface area contributed by atoms with Gasteiger partial charge in [-0.15, -0.1) is 0 Å². The number of nitrogens with zero attached hydrogens (tertiary/aromatic N) is 2. The van der Waals surface area contributed by atoms with Crippen LogP contribution in [0.5, 0.6) is 5.75 Å². The minimum Gasteiger partial charge on any atom is -0.434 e. The highest BCUT2D eigenvalue weighted by molar-refractivity contribution is 6.31. The largest absolute Gasteiger partial charge is 0.434 e. The number of amides is 3. The van der Waals surface area contributed by atoms with Crippen molar-refractivity contribution >= 4 is 51.5 Å². The molecule has 0 saturated carbocycles. The van der Waals surface area contributed by atoms with E-state index in [1.54, 1.807) is 50.4 Å². The first kappa shape index (κ1) is 30.8. The van der Waals surface area contributed by atoms with E-state index in [-0.39, 0.29) is 40.8 Å². The lowest BCUT2D eigenvalue weighted by Crippen LogP contribution is -2.55. The second-order valence-corrected chi connectivity index (χ2v) is 10.6. The molecule has 228 valence electrons. The molecule has 0 spiro atoms. The summed E-state index contributed by atoms with van der Waals surface area (Å²) in [5.41, 5.74) is 0.901. The number of carbonyl (C=O) groups excluding carboxylic acids is 3. The summed E-state index contributed by atoms with van der Waals surface area (Å²) in [5, 5.41) is 7.09. The molecule has 4 aromatic rings. The van der Waals surface area contributed by atoms with E-state index in [1.807, 2.05) is 0 Å². The minimum absolute atomic E-state index is 0.130. The highest BCUT2D eigenvalue weighted by atomic mass is 35.5. The molecule has 1 heterocycles. The number of benzene rings is 4. The van der Waals surface area contributed by atoms with Crippen molar-refractivity contribution in [2.24, 2.45) is 0 Å². The summed E-state index contributed by atoms with van der Waals surface area (Å²) in [7, 11) is 1.58. The number of nitrogens with one attached hydrogen (secondary N) is 2. The third-order valence-corrected chi connectivity index (χ3v) is 7.69. The van der Waals surface area contributed by atoms with Gasteiger partial charge in [0.1, 0.15) is 17.6 Å². The zero-order valence-electron chi connectivity index (χ0n) is 23.7. The summed E-state index contributed by atoms with van der Waals surface area (Å²) in [5.74, 6) is -2.34. The normalized spacial score (nSPS) is 15.6. The Morgan fingerprint density at radius 1 is 1.02 bits per heavy atom. The van der Waals surface area contributed by atoms with E-state index in [4.69, 9.17) is 16.3 Å². The number of rotatable bonds is 8.